The fraction of sp³-hybridized carbons (Fsp3) is 0.611. The van der Waals surface area contributed by atoms with Crippen molar-refractivity contribution in [2.45, 2.75) is 102 Å². The van der Waals surface area contributed by atoms with Crippen LogP contribution in [0.15, 0.2) is 35.9 Å². The van der Waals surface area contributed by atoms with E-state index in [-0.39, 0.29) is 41.1 Å². The first-order chi connectivity index (χ1) is 23.8. The molecule has 9 atom stereocenters. The van der Waals surface area contributed by atoms with Crippen molar-refractivity contribution in [1.82, 2.24) is 10.2 Å². The zero-order chi connectivity index (χ0) is 38.2. The zero-order valence-electron chi connectivity index (χ0n) is 30.8. The minimum atomic E-state index is -1.89. The Bertz CT molecular complexity index is 1580. The number of aliphatic hydroxyl groups is 2. The molecule has 0 aromatic heterocycles. The number of aliphatic hydroxyl groups excluding tert-OH is 1. The van der Waals surface area contributed by atoms with E-state index in [1.807, 2.05) is 0 Å². The number of benzene rings is 1. The number of epoxide rings is 1. The Balaban J connectivity index is 1.81. The molecule has 3 N–H and O–H groups in total. The third kappa shape index (κ3) is 8.20. The Morgan fingerprint density at radius 3 is 2.47 bits per heavy atom. The highest BCUT2D eigenvalue weighted by Crippen LogP contribution is 2.49. The highest BCUT2D eigenvalue weighted by Gasteiger charge is 2.64. The number of carbonyl (C=O) groups excluding carboxylic acids is 4. The monoisotopic (exact) mass is 735 g/mol. The van der Waals surface area contributed by atoms with Gasteiger partial charge >= 0.3 is 12.1 Å². The molecule has 1 aromatic carbocycles. The van der Waals surface area contributed by atoms with Gasteiger partial charge in [0.1, 0.15) is 46.8 Å². The largest absolute Gasteiger partial charge is 0.495 e. The molecule has 14 nitrogen and oxygen atoms in total. The number of methoxy groups -OCH3 is 2. The van der Waals surface area contributed by atoms with Crippen LogP contribution in [0.4, 0.5) is 10.5 Å². The first kappa shape index (κ1) is 40.1. The number of allylic oxidation sites excluding steroid dienone is 2. The minimum Gasteiger partial charge on any atom is -0.495 e. The van der Waals surface area contributed by atoms with E-state index in [0.717, 1.165) is 0 Å². The third-order valence-corrected chi connectivity index (χ3v) is 10.6. The number of fused-ring (bicyclic) bond motifs is 5. The number of carbonyl (C=O) groups is 4. The van der Waals surface area contributed by atoms with Crippen LogP contribution in [-0.2, 0) is 33.3 Å². The summed E-state index contributed by atoms with van der Waals surface area (Å²) in [6.45, 7) is 10.1. The minimum absolute atomic E-state index is 0.0978. The molecular weight excluding hydrogens is 686 g/mol. The molecule has 4 rings (SSSR count). The second-order valence-corrected chi connectivity index (χ2v) is 14.4. The summed E-state index contributed by atoms with van der Waals surface area (Å²) >= 11 is 6.70. The van der Waals surface area contributed by atoms with Gasteiger partial charge in [-0.05, 0) is 44.0 Å². The number of anilines is 1. The lowest BCUT2D eigenvalue weighted by atomic mass is 9.83. The van der Waals surface area contributed by atoms with Gasteiger partial charge in [-0.2, -0.15) is 0 Å². The van der Waals surface area contributed by atoms with Gasteiger partial charge in [0.15, 0.2) is 5.72 Å². The molecule has 4 bridgehead atoms. The van der Waals surface area contributed by atoms with Crippen LogP contribution in [0.3, 0.4) is 0 Å². The number of esters is 1. The van der Waals surface area contributed by atoms with Gasteiger partial charge in [-0.25, -0.2) is 9.59 Å². The second kappa shape index (κ2) is 15.5. The Kier molecular flexibility index (Phi) is 12.2. The van der Waals surface area contributed by atoms with E-state index < -0.39 is 71.8 Å². The number of halogens is 1. The summed E-state index contributed by atoms with van der Waals surface area (Å²) in [5.41, 5.74) is -2.04. The van der Waals surface area contributed by atoms with Crippen molar-refractivity contribution in [3.05, 3.63) is 46.5 Å². The summed E-state index contributed by atoms with van der Waals surface area (Å²) in [6, 6.07) is 2.13. The number of hydrogen-bond acceptors (Lipinski definition) is 11. The molecule has 0 spiro atoms. The van der Waals surface area contributed by atoms with Crippen LogP contribution in [0.1, 0.15) is 66.1 Å². The molecule has 1 aromatic rings. The van der Waals surface area contributed by atoms with Gasteiger partial charge in [0.05, 0.1) is 25.3 Å². The number of alkyl carbamates (subject to hydrolysis) is 1. The average Bonchev–Trinajstić information content (AvgIpc) is 3.78. The summed E-state index contributed by atoms with van der Waals surface area (Å²) in [7, 11) is 5.80. The number of nitrogens with zero attached hydrogens (tertiary/aromatic N) is 2. The molecule has 0 unspecified atom stereocenters. The van der Waals surface area contributed by atoms with E-state index in [9.17, 15) is 29.4 Å². The van der Waals surface area contributed by atoms with Crippen molar-refractivity contribution in [3.8, 4) is 5.75 Å². The van der Waals surface area contributed by atoms with Crippen molar-refractivity contribution in [2.24, 2.45) is 11.8 Å². The maximum absolute atomic E-state index is 14.1. The lowest BCUT2D eigenvalue weighted by molar-refractivity contribution is -0.162. The fourth-order valence-corrected chi connectivity index (χ4v) is 6.90. The summed E-state index contributed by atoms with van der Waals surface area (Å²) in [6.07, 6.45) is -1.50. The Morgan fingerprint density at radius 2 is 1.86 bits per heavy atom. The SMILES string of the molecule is COc1cc2cc(c1Cl)N(C)C(=O)C[C@H](OC(=O)[C@@H](C)N(C)C(=O)C(C)C)[C@]1(C)O[C@H]1[C@H](C)[C@@H]1C[C@@](O)(NC(=O)O1)[C@H](OC)/C=C/C=C(\C)[C@H]2O. The lowest BCUT2D eigenvalue weighted by Gasteiger charge is -2.42. The molecular formula is C36H50ClN3O11. The van der Waals surface area contributed by atoms with Crippen LogP contribution in [0.25, 0.3) is 0 Å². The molecule has 2 fully saturated rings. The van der Waals surface area contributed by atoms with Gasteiger partial charge in [-0.1, -0.05) is 50.6 Å². The van der Waals surface area contributed by atoms with Gasteiger partial charge in [0.25, 0.3) is 0 Å². The first-order valence-corrected chi connectivity index (χ1v) is 17.2. The maximum Gasteiger partial charge on any atom is 0.409 e. The number of ether oxygens (including phenoxy) is 5. The number of hydrogen-bond donors (Lipinski definition) is 3. The van der Waals surface area contributed by atoms with Crippen molar-refractivity contribution >= 4 is 41.2 Å². The fourth-order valence-electron chi connectivity index (χ4n) is 6.58. The first-order valence-electron chi connectivity index (χ1n) is 16.9. The van der Waals surface area contributed by atoms with Gasteiger partial charge in [-0.3, -0.25) is 14.9 Å². The predicted octanol–water partition coefficient (Wildman–Crippen LogP) is 3.66. The van der Waals surface area contributed by atoms with Gasteiger partial charge in [0, 0.05) is 39.5 Å². The molecule has 3 heterocycles. The molecule has 3 aliphatic rings. The van der Waals surface area contributed by atoms with E-state index in [1.165, 1.54) is 45.0 Å². The zero-order valence-corrected chi connectivity index (χ0v) is 31.5. The lowest BCUT2D eigenvalue weighted by Crippen LogP contribution is -2.63. The third-order valence-electron chi connectivity index (χ3n) is 10.2. The van der Waals surface area contributed by atoms with E-state index >= 15 is 0 Å². The summed E-state index contributed by atoms with van der Waals surface area (Å²) in [4.78, 5) is 55.8. The molecule has 0 saturated carbocycles. The Hall–Kier alpha value is -3.69. The standard InChI is InChI=1S/C36H50ClN3O11/c1-18(2)32(43)39(7)21(5)33(44)50-27-16-28(41)40(8)23-14-22(15-24(47-9)29(23)37)30(42)19(3)12-11-13-26(48-10)36(46)17-25(49-34(45)38-36)20(4)31-35(27,6)51-31/h11-15,18,20-21,25-27,30-31,42,46H,16-17H2,1-10H3,(H,38,45)/b13-11+,19-12+/t20-,21-,25+,26-,27+,30-,31+,35+,36+/m1/s1. The van der Waals surface area contributed by atoms with Gasteiger partial charge < -0.3 is 43.7 Å². The van der Waals surface area contributed by atoms with Crippen LogP contribution in [0.2, 0.25) is 5.02 Å². The van der Waals surface area contributed by atoms with Crippen LogP contribution in [0.5, 0.6) is 5.75 Å². The number of likely N-dealkylation sites (N-methyl/N-ethyl adjacent to an activating group) is 1. The number of rotatable bonds is 6. The highest BCUT2D eigenvalue weighted by molar-refractivity contribution is 6.35. The van der Waals surface area contributed by atoms with Gasteiger partial charge in [-0.15, -0.1) is 0 Å². The van der Waals surface area contributed by atoms with Crippen molar-refractivity contribution in [3.63, 3.8) is 0 Å². The van der Waals surface area contributed by atoms with Gasteiger partial charge in [0.2, 0.25) is 11.8 Å². The van der Waals surface area contributed by atoms with E-state index in [2.05, 4.69) is 5.32 Å². The molecule has 0 radical (unpaired) electrons. The van der Waals surface area contributed by atoms with E-state index in [0.29, 0.717) is 11.1 Å². The summed E-state index contributed by atoms with van der Waals surface area (Å²) < 4.78 is 28.9. The molecule has 15 heteroatoms. The summed E-state index contributed by atoms with van der Waals surface area (Å²) in [5, 5.41) is 25.6. The predicted molar refractivity (Wildman–Crippen MR) is 187 cm³/mol. The Labute approximate surface area is 303 Å². The van der Waals surface area contributed by atoms with Crippen LogP contribution in [-0.4, -0.2) is 109 Å². The molecule has 2 saturated heterocycles. The molecule has 0 aliphatic carbocycles. The van der Waals surface area contributed by atoms with Crippen LogP contribution in [0, 0.1) is 11.8 Å². The smallest absolute Gasteiger partial charge is 0.409 e. The molecule has 282 valence electrons. The normalized spacial score (nSPS) is 33.5. The second-order valence-electron chi connectivity index (χ2n) is 14.1. The molecule has 3 aliphatic heterocycles. The van der Waals surface area contributed by atoms with Crippen molar-refractivity contribution in [1.29, 1.82) is 0 Å². The van der Waals surface area contributed by atoms with E-state index in [4.69, 9.17) is 35.3 Å². The molecule has 3 amide bonds. The van der Waals surface area contributed by atoms with Crippen LogP contribution < -0.4 is 15.0 Å². The Morgan fingerprint density at radius 1 is 1.20 bits per heavy atom. The quantitative estimate of drug-likeness (QED) is 0.287. The van der Waals surface area contributed by atoms with Crippen molar-refractivity contribution in [2.75, 3.05) is 33.2 Å². The number of amides is 3. The maximum atomic E-state index is 14.1. The number of nitrogens with one attached hydrogen (secondary N) is 1. The molecule has 51 heavy (non-hydrogen) atoms. The highest BCUT2D eigenvalue weighted by atomic mass is 35.5. The van der Waals surface area contributed by atoms with Crippen molar-refractivity contribution < 1.29 is 53.1 Å². The topological polar surface area (TPSA) is 177 Å². The summed E-state index contributed by atoms with van der Waals surface area (Å²) in [5.74, 6) is -2.24. The van der Waals surface area contributed by atoms with E-state index in [1.54, 1.807) is 65.0 Å². The van der Waals surface area contributed by atoms with Crippen LogP contribution >= 0.6 is 11.6 Å². The average molecular weight is 736 g/mol.